The van der Waals surface area contributed by atoms with Gasteiger partial charge in [0.1, 0.15) is 0 Å². The fourth-order valence-electron chi connectivity index (χ4n) is 2.17. The highest BCUT2D eigenvalue weighted by Crippen LogP contribution is 2.21. The van der Waals surface area contributed by atoms with E-state index in [-0.39, 0.29) is 4.90 Å². The molecule has 0 atom stereocenters. The van der Waals surface area contributed by atoms with Crippen LogP contribution in [0.1, 0.15) is 31.4 Å². The molecular weight excluding hydrogens is 286 g/mol. The summed E-state index contributed by atoms with van der Waals surface area (Å²) in [6.45, 7) is 11.0. The van der Waals surface area contributed by atoms with Crippen molar-refractivity contribution in [2.24, 2.45) is 0 Å². The van der Waals surface area contributed by atoms with Crippen LogP contribution in [-0.4, -0.2) is 39.5 Å². The Kier molecular flexibility index (Phi) is 6.64. The number of likely N-dealkylation sites (N-methyl/N-ethyl adjacent to an activating group) is 1. The predicted octanol–water partition coefficient (Wildman–Crippen LogP) is 1.90. The Morgan fingerprint density at radius 3 is 2.38 bits per heavy atom. The minimum atomic E-state index is -3.50. The highest BCUT2D eigenvalue weighted by Gasteiger charge is 2.16. The lowest BCUT2D eigenvalue weighted by molar-refractivity contribution is 0.293. The Labute approximate surface area is 128 Å². The van der Waals surface area contributed by atoms with E-state index in [0.29, 0.717) is 18.8 Å². The van der Waals surface area contributed by atoms with Crippen LogP contribution in [0.5, 0.6) is 0 Å². The van der Waals surface area contributed by atoms with Gasteiger partial charge in [0, 0.05) is 18.8 Å². The Balaban J connectivity index is 2.74. The van der Waals surface area contributed by atoms with E-state index in [1.807, 2.05) is 13.8 Å². The fraction of sp³-hybridized carbons (Fsp3) is 0.600. The van der Waals surface area contributed by atoms with Gasteiger partial charge in [-0.15, -0.1) is 0 Å². The Bertz CT molecular complexity index is 547. The Morgan fingerprint density at radius 1 is 1.19 bits per heavy atom. The summed E-state index contributed by atoms with van der Waals surface area (Å²) in [4.78, 5) is 2.46. The van der Waals surface area contributed by atoms with Crippen molar-refractivity contribution in [3.8, 4) is 0 Å². The van der Waals surface area contributed by atoms with Gasteiger partial charge in [-0.2, -0.15) is 0 Å². The summed E-state index contributed by atoms with van der Waals surface area (Å²) >= 11 is 0. The quantitative estimate of drug-likeness (QED) is 0.719. The molecule has 0 aliphatic carbocycles. The molecule has 0 spiro atoms. The van der Waals surface area contributed by atoms with Crippen LogP contribution in [0.2, 0.25) is 0 Å². The topological polar surface area (TPSA) is 75.4 Å². The van der Waals surface area contributed by atoms with Crippen LogP contribution in [0.25, 0.3) is 0 Å². The molecule has 0 unspecified atom stereocenters. The van der Waals surface area contributed by atoms with E-state index in [2.05, 4.69) is 23.5 Å². The van der Waals surface area contributed by atoms with Crippen molar-refractivity contribution in [1.82, 2.24) is 9.62 Å². The van der Waals surface area contributed by atoms with Gasteiger partial charge in [0.25, 0.3) is 0 Å². The second-order valence-electron chi connectivity index (χ2n) is 5.29. The molecule has 0 saturated carbocycles. The zero-order valence-electron chi connectivity index (χ0n) is 13.4. The predicted molar refractivity (Wildman–Crippen MR) is 87.9 cm³/mol. The van der Waals surface area contributed by atoms with Gasteiger partial charge in [-0.1, -0.05) is 13.8 Å². The van der Waals surface area contributed by atoms with Crippen molar-refractivity contribution < 1.29 is 8.42 Å². The molecule has 0 aliphatic heterocycles. The summed E-state index contributed by atoms with van der Waals surface area (Å²) in [6.07, 6.45) is 1.06. The lowest BCUT2D eigenvalue weighted by Gasteiger charge is -2.19. The first-order valence-electron chi connectivity index (χ1n) is 7.40. The van der Waals surface area contributed by atoms with Crippen molar-refractivity contribution in [2.75, 3.05) is 31.9 Å². The van der Waals surface area contributed by atoms with Crippen LogP contribution in [0.3, 0.4) is 0 Å². The lowest BCUT2D eigenvalue weighted by Crippen LogP contribution is -2.35. The highest BCUT2D eigenvalue weighted by molar-refractivity contribution is 7.89. The molecule has 0 aliphatic rings. The van der Waals surface area contributed by atoms with Crippen LogP contribution in [0.15, 0.2) is 17.0 Å². The van der Waals surface area contributed by atoms with Crippen LogP contribution >= 0.6 is 0 Å². The first-order chi connectivity index (χ1) is 9.81. The largest absolute Gasteiger partial charge is 0.398 e. The average Bonchev–Trinajstić information content (AvgIpc) is 2.43. The van der Waals surface area contributed by atoms with Crippen LogP contribution in [0.4, 0.5) is 5.69 Å². The van der Waals surface area contributed by atoms with E-state index in [4.69, 9.17) is 5.73 Å². The number of hydrogen-bond donors (Lipinski definition) is 2. The van der Waals surface area contributed by atoms with Gasteiger partial charge >= 0.3 is 0 Å². The summed E-state index contributed by atoms with van der Waals surface area (Å²) in [5, 5.41) is 0. The number of sulfonamides is 1. The number of nitrogens with two attached hydrogens (primary N) is 1. The maximum atomic E-state index is 12.3. The van der Waals surface area contributed by atoms with Crippen molar-refractivity contribution >= 4 is 15.7 Å². The highest BCUT2D eigenvalue weighted by atomic mass is 32.2. The number of nitrogens with zero attached hydrogens (tertiary/aromatic N) is 1. The fourth-order valence-corrected chi connectivity index (χ4v) is 3.31. The van der Waals surface area contributed by atoms with Gasteiger partial charge in [-0.3, -0.25) is 0 Å². The SMILES string of the molecule is CCCN(CC)CCNS(=O)(=O)c1cc(C)c(C)c(N)c1. The minimum absolute atomic E-state index is 0.238. The number of rotatable bonds is 8. The summed E-state index contributed by atoms with van der Waals surface area (Å²) in [5.74, 6) is 0. The third-order valence-electron chi connectivity index (χ3n) is 3.70. The molecule has 0 fully saturated rings. The molecule has 3 N–H and O–H groups in total. The molecule has 0 radical (unpaired) electrons. The summed E-state index contributed by atoms with van der Waals surface area (Å²) in [6, 6.07) is 3.19. The molecule has 0 amide bonds. The maximum Gasteiger partial charge on any atom is 0.240 e. The third kappa shape index (κ3) is 4.98. The van der Waals surface area contributed by atoms with Crippen LogP contribution in [0, 0.1) is 13.8 Å². The molecule has 1 aromatic carbocycles. The molecule has 0 aromatic heterocycles. The Morgan fingerprint density at radius 2 is 1.86 bits per heavy atom. The van der Waals surface area contributed by atoms with E-state index in [1.165, 1.54) is 6.07 Å². The van der Waals surface area contributed by atoms with Gasteiger partial charge in [-0.05, 0) is 56.6 Å². The lowest BCUT2D eigenvalue weighted by atomic mass is 10.1. The molecule has 0 saturated heterocycles. The average molecular weight is 313 g/mol. The molecule has 21 heavy (non-hydrogen) atoms. The van der Waals surface area contributed by atoms with E-state index < -0.39 is 10.0 Å². The van der Waals surface area contributed by atoms with E-state index in [0.717, 1.165) is 30.6 Å². The summed E-state index contributed by atoms with van der Waals surface area (Å²) in [5.41, 5.74) is 8.18. The zero-order valence-corrected chi connectivity index (χ0v) is 14.3. The molecule has 120 valence electrons. The van der Waals surface area contributed by atoms with Crippen molar-refractivity contribution in [3.05, 3.63) is 23.3 Å². The van der Waals surface area contributed by atoms with Gasteiger partial charge in [0.15, 0.2) is 0 Å². The maximum absolute atomic E-state index is 12.3. The Hall–Kier alpha value is -1.11. The third-order valence-corrected chi connectivity index (χ3v) is 5.14. The monoisotopic (exact) mass is 313 g/mol. The van der Waals surface area contributed by atoms with Crippen LogP contribution in [-0.2, 0) is 10.0 Å². The number of benzene rings is 1. The van der Waals surface area contributed by atoms with E-state index in [1.54, 1.807) is 6.07 Å². The second kappa shape index (κ2) is 7.77. The molecule has 0 bridgehead atoms. The first-order valence-corrected chi connectivity index (χ1v) is 8.88. The van der Waals surface area contributed by atoms with E-state index in [9.17, 15) is 8.42 Å². The molecule has 0 heterocycles. The smallest absolute Gasteiger partial charge is 0.240 e. The molecule has 5 nitrogen and oxygen atoms in total. The van der Waals surface area contributed by atoms with E-state index >= 15 is 0 Å². The minimum Gasteiger partial charge on any atom is -0.398 e. The number of nitrogen functional groups attached to an aromatic ring is 1. The van der Waals surface area contributed by atoms with Crippen molar-refractivity contribution in [2.45, 2.75) is 39.0 Å². The summed E-state index contributed by atoms with van der Waals surface area (Å²) < 4.78 is 27.2. The van der Waals surface area contributed by atoms with Gasteiger partial charge in [0.05, 0.1) is 4.90 Å². The van der Waals surface area contributed by atoms with Gasteiger partial charge in [-0.25, -0.2) is 13.1 Å². The van der Waals surface area contributed by atoms with Crippen LogP contribution < -0.4 is 10.5 Å². The second-order valence-corrected chi connectivity index (χ2v) is 7.05. The first kappa shape index (κ1) is 17.9. The molecule has 1 aromatic rings. The van der Waals surface area contributed by atoms with Crippen molar-refractivity contribution in [1.29, 1.82) is 0 Å². The van der Waals surface area contributed by atoms with Gasteiger partial charge < -0.3 is 10.6 Å². The standard InChI is InChI=1S/C15H27N3O2S/c1-5-8-18(6-2)9-7-17-21(19,20)14-10-12(3)13(4)15(16)11-14/h10-11,17H,5-9,16H2,1-4H3. The molecular formula is C15H27N3O2S. The summed E-state index contributed by atoms with van der Waals surface area (Å²) in [7, 11) is -3.50. The van der Waals surface area contributed by atoms with Crippen molar-refractivity contribution in [3.63, 3.8) is 0 Å². The molecule has 1 rings (SSSR count). The normalized spacial score (nSPS) is 12.0. The number of aryl methyl sites for hydroxylation is 1. The number of nitrogens with one attached hydrogen (secondary N) is 1. The number of anilines is 1. The zero-order chi connectivity index (χ0) is 16.0. The van der Waals surface area contributed by atoms with Gasteiger partial charge in [0.2, 0.25) is 10.0 Å². The number of hydrogen-bond acceptors (Lipinski definition) is 4. The molecule has 6 heteroatoms.